The third kappa shape index (κ3) is 4.43. The number of rotatable bonds is 6. The van der Waals surface area contributed by atoms with Gasteiger partial charge in [-0.3, -0.25) is 39.2 Å². The first-order valence-corrected chi connectivity index (χ1v) is 10.5. The van der Waals surface area contributed by atoms with Crippen molar-refractivity contribution in [1.29, 1.82) is 0 Å². The fourth-order valence-corrected chi connectivity index (χ4v) is 3.97. The Hall–Kier alpha value is -4.15. The quantitative estimate of drug-likeness (QED) is 0.368. The number of nitrogens with zero attached hydrogens (tertiary/aromatic N) is 5. The number of nitro benzene ring substituents is 1. The van der Waals surface area contributed by atoms with E-state index in [-0.39, 0.29) is 48.0 Å². The lowest BCUT2D eigenvalue weighted by Gasteiger charge is -2.35. The van der Waals surface area contributed by atoms with E-state index in [1.165, 1.54) is 18.3 Å². The second-order valence-corrected chi connectivity index (χ2v) is 7.77. The second kappa shape index (κ2) is 9.15. The molecule has 11 heteroatoms. The number of hydrogen-bond acceptors (Lipinski definition) is 7. The van der Waals surface area contributed by atoms with Crippen molar-refractivity contribution in [2.24, 2.45) is 0 Å². The smallest absolute Gasteiger partial charge is 0.270 e. The van der Waals surface area contributed by atoms with Gasteiger partial charge in [-0.05, 0) is 24.6 Å². The van der Waals surface area contributed by atoms with Crippen molar-refractivity contribution in [2.75, 3.05) is 32.7 Å². The summed E-state index contributed by atoms with van der Waals surface area (Å²) >= 11 is 0. The van der Waals surface area contributed by atoms with E-state index in [0.717, 1.165) is 11.0 Å². The minimum atomic E-state index is -0.622. The topological polar surface area (TPSA) is 134 Å². The van der Waals surface area contributed by atoms with E-state index in [1.54, 1.807) is 28.1 Å². The number of carbonyl (C=O) groups is 4. The third-order valence-corrected chi connectivity index (χ3v) is 5.77. The fraction of sp³-hybridized carbons (Fsp3) is 0.318. The molecule has 1 aromatic carbocycles. The van der Waals surface area contributed by atoms with Crippen LogP contribution in [0.25, 0.3) is 0 Å². The molecular formula is C22H21N5O6. The molecule has 1 saturated heterocycles. The monoisotopic (exact) mass is 451 g/mol. The van der Waals surface area contributed by atoms with Crippen LogP contribution in [0.3, 0.4) is 0 Å². The predicted molar refractivity (Wildman–Crippen MR) is 114 cm³/mol. The van der Waals surface area contributed by atoms with Crippen molar-refractivity contribution in [3.05, 3.63) is 69.5 Å². The molecule has 0 aliphatic carbocycles. The predicted octanol–water partition coefficient (Wildman–Crippen LogP) is 1.35. The molecule has 0 radical (unpaired) electrons. The van der Waals surface area contributed by atoms with E-state index in [9.17, 15) is 29.3 Å². The lowest BCUT2D eigenvalue weighted by atomic mass is 10.1. The summed E-state index contributed by atoms with van der Waals surface area (Å²) in [6, 6.07) is 6.97. The van der Waals surface area contributed by atoms with Gasteiger partial charge in [-0.15, -0.1) is 0 Å². The molecule has 0 N–H and O–H groups in total. The molecule has 0 spiro atoms. The molecule has 4 rings (SSSR count). The largest absolute Gasteiger partial charge is 0.339 e. The van der Waals surface area contributed by atoms with Gasteiger partial charge in [0.05, 0.1) is 21.6 Å². The second-order valence-electron chi connectivity index (χ2n) is 7.77. The maximum absolute atomic E-state index is 12.6. The van der Waals surface area contributed by atoms with Gasteiger partial charge in [-0.1, -0.05) is 0 Å². The van der Waals surface area contributed by atoms with Crippen LogP contribution in [0.1, 0.15) is 43.9 Å². The van der Waals surface area contributed by atoms with Crippen LogP contribution in [0.2, 0.25) is 0 Å². The Morgan fingerprint density at radius 2 is 1.70 bits per heavy atom. The molecule has 2 aliphatic heterocycles. The first-order chi connectivity index (χ1) is 15.9. The van der Waals surface area contributed by atoms with Crippen LogP contribution in [-0.2, 0) is 4.79 Å². The molecule has 33 heavy (non-hydrogen) atoms. The Kier molecular flexibility index (Phi) is 6.11. The van der Waals surface area contributed by atoms with Gasteiger partial charge >= 0.3 is 0 Å². The van der Waals surface area contributed by atoms with Gasteiger partial charge in [-0.2, -0.15) is 0 Å². The summed E-state index contributed by atoms with van der Waals surface area (Å²) in [5.74, 6) is -1.34. The van der Waals surface area contributed by atoms with Crippen molar-refractivity contribution in [3.63, 3.8) is 0 Å². The number of amides is 4. The number of pyridine rings is 1. The van der Waals surface area contributed by atoms with Crippen LogP contribution in [-0.4, -0.2) is 81.0 Å². The van der Waals surface area contributed by atoms with Gasteiger partial charge in [-0.25, -0.2) is 0 Å². The number of benzene rings is 1. The fourth-order valence-electron chi connectivity index (χ4n) is 3.97. The number of piperazine rings is 1. The Morgan fingerprint density at radius 3 is 2.36 bits per heavy atom. The van der Waals surface area contributed by atoms with E-state index in [4.69, 9.17) is 0 Å². The van der Waals surface area contributed by atoms with Crippen LogP contribution in [0.5, 0.6) is 0 Å². The number of nitro groups is 1. The average Bonchev–Trinajstić information content (AvgIpc) is 3.08. The molecule has 0 bridgehead atoms. The van der Waals surface area contributed by atoms with E-state index >= 15 is 0 Å². The van der Waals surface area contributed by atoms with Crippen LogP contribution in [0.15, 0.2) is 42.7 Å². The van der Waals surface area contributed by atoms with Crippen LogP contribution in [0.4, 0.5) is 5.69 Å². The summed E-state index contributed by atoms with van der Waals surface area (Å²) < 4.78 is 0. The van der Waals surface area contributed by atoms with Crippen molar-refractivity contribution < 1.29 is 24.1 Å². The Bertz CT molecular complexity index is 1130. The number of non-ortho nitro benzene ring substituents is 1. The summed E-state index contributed by atoms with van der Waals surface area (Å²) in [5.41, 5.74) is 0.387. The molecule has 4 amide bonds. The molecule has 3 heterocycles. The number of aromatic nitrogens is 1. The molecule has 0 unspecified atom stereocenters. The zero-order valence-electron chi connectivity index (χ0n) is 17.7. The lowest BCUT2D eigenvalue weighted by molar-refractivity contribution is -0.384. The molecule has 1 aromatic heterocycles. The molecular weight excluding hydrogens is 430 g/mol. The SMILES string of the molecule is O=C(CCCN1C(=O)c2ccc([N+](=O)[O-])cc2C1=O)N1CCN(C(=O)c2cccnc2)CC1. The number of imide groups is 1. The molecule has 2 aromatic rings. The van der Waals surface area contributed by atoms with Crippen molar-refractivity contribution in [3.8, 4) is 0 Å². The molecule has 2 aliphatic rings. The third-order valence-electron chi connectivity index (χ3n) is 5.77. The minimum Gasteiger partial charge on any atom is -0.339 e. The highest BCUT2D eigenvalue weighted by Crippen LogP contribution is 2.27. The van der Waals surface area contributed by atoms with E-state index in [1.807, 2.05) is 0 Å². The highest BCUT2D eigenvalue weighted by atomic mass is 16.6. The van der Waals surface area contributed by atoms with Crippen molar-refractivity contribution >= 4 is 29.3 Å². The van der Waals surface area contributed by atoms with Crippen LogP contribution in [0, 0.1) is 10.1 Å². The van der Waals surface area contributed by atoms with E-state index in [2.05, 4.69) is 4.98 Å². The highest BCUT2D eigenvalue weighted by molar-refractivity contribution is 6.21. The molecule has 1 fully saturated rings. The van der Waals surface area contributed by atoms with Gasteiger partial charge in [0.25, 0.3) is 23.4 Å². The molecule has 0 saturated carbocycles. The van der Waals surface area contributed by atoms with Gasteiger partial charge < -0.3 is 9.80 Å². The van der Waals surface area contributed by atoms with E-state index in [0.29, 0.717) is 31.7 Å². The average molecular weight is 451 g/mol. The summed E-state index contributed by atoms with van der Waals surface area (Å²) in [6.45, 7) is 1.68. The normalized spacial score (nSPS) is 15.6. The van der Waals surface area contributed by atoms with E-state index < -0.39 is 16.7 Å². The van der Waals surface area contributed by atoms with Gasteiger partial charge in [0, 0.05) is 63.7 Å². The maximum Gasteiger partial charge on any atom is 0.270 e. The Balaban J connectivity index is 1.26. The van der Waals surface area contributed by atoms with Crippen molar-refractivity contribution in [2.45, 2.75) is 12.8 Å². The number of fused-ring (bicyclic) bond motifs is 1. The van der Waals surface area contributed by atoms with Crippen molar-refractivity contribution in [1.82, 2.24) is 19.7 Å². The highest BCUT2D eigenvalue weighted by Gasteiger charge is 2.36. The number of carbonyl (C=O) groups excluding carboxylic acids is 4. The van der Waals surface area contributed by atoms with Gasteiger partial charge in [0.15, 0.2) is 0 Å². The molecule has 170 valence electrons. The molecule has 11 nitrogen and oxygen atoms in total. The molecule has 0 atom stereocenters. The van der Waals surface area contributed by atoms with Crippen LogP contribution < -0.4 is 0 Å². The standard InChI is InChI=1S/C22H21N5O6/c28-19(24-9-11-25(12-10-24)20(29)15-3-1-7-23-14-15)4-2-8-26-21(30)17-6-5-16(27(32)33)13-18(17)22(26)31/h1,3,5-7,13-14H,2,4,8-12H2. The summed E-state index contributed by atoms with van der Waals surface area (Å²) in [5, 5.41) is 10.9. The van der Waals surface area contributed by atoms with Gasteiger partial charge in [0.1, 0.15) is 0 Å². The lowest BCUT2D eigenvalue weighted by Crippen LogP contribution is -2.50. The zero-order valence-corrected chi connectivity index (χ0v) is 17.7. The zero-order chi connectivity index (χ0) is 23.5. The minimum absolute atomic E-state index is 0.00920. The summed E-state index contributed by atoms with van der Waals surface area (Å²) in [7, 11) is 0. The first kappa shape index (κ1) is 22.1. The number of hydrogen-bond donors (Lipinski definition) is 0. The Morgan fingerprint density at radius 1 is 1.00 bits per heavy atom. The first-order valence-electron chi connectivity index (χ1n) is 10.5. The van der Waals surface area contributed by atoms with Crippen LogP contribution >= 0.6 is 0 Å². The Labute approximate surface area is 188 Å². The summed E-state index contributed by atoms with van der Waals surface area (Å²) in [6.07, 6.45) is 3.53. The summed E-state index contributed by atoms with van der Waals surface area (Å²) in [4.78, 5) is 68.7. The maximum atomic E-state index is 12.6. The van der Waals surface area contributed by atoms with Gasteiger partial charge in [0.2, 0.25) is 5.91 Å².